The molecule has 1 aliphatic rings. The highest BCUT2D eigenvalue weighted by molar-refractivity contribution is 5.99. The van der Waals surface area contributed by atoms with Gasteiger partial charge in [-0.2, -0.15) is 0 Å². The third kappa shape index (κ3) is 3.93. The van der Waals surface area contributed by atoms with Gasteiger partial charge in [0.2, 0.25) is 6.10 Å². The molecule has 1 unspecified atom stereocenters. The van der Waals surface area contributed by atoms with E-state index in [1.165, 1.54) is 24.1 Å². The van der Waals surface area contributed by atoms with Crippen molar-refractivity contribution in [3.8, 4) is 5.75 Å². The van der Waals surface area contributed by atoms with Crippen LogP contribution in [0.15, 0.2) is 66.7 Å². The van der Waals surface area contributed by atoms with Gasteiger partial charge in [0.25, 0.3) is 11.7 Å². The summed E-state index contributed by atoms with van der Waals surface area (Å²) < 4.78 is 10.6. The first-order chi connectivity index (χ1) is 15.0. The molecule has 9 nitrogen and oxygen atoms in total. The summed E-state index contributed by atoms with van der Waals surface area (Å²) in [4.78, 5) is 40.9. The third-order valence-electron chi connectivity index (χ3n) is 4.82. The molecule has 1 amide bonds. The molecule has 1 aliphatic heterocycles. The number of benzene rings is 2. The Morgan fingerprint density at radius 2 is 1.84 bits per heavy atom. The van der Waals surface area contributed by atoms with Gasteiger partial charge in [-0.05, 0) is 33.7 Å². The van der Waals surface area contributed by atoms with Gasteiger partial charge in [-0.3, -0.25) is 9.69 Å². The molecule has 0 aliphatic carbocycles. The summed E-state index contributed by atoms with van der Waals surface area (Å²) in [6, 6.07) is 18.2. The summed E-state index contributed by atoms with van der Waals surface area (Å²) in [5.41, 5.74) is 1.73. The van der Waals surface area contributed by atoms with E-state index in [4.69, 9.17) is 9.47 Å². The minimum atomic E-state index is -0.911. The van der Waals surface area contributed by atoms with Crippen molar-refractivity contribution >= 4 is 23.5 Å². The van der Waals surface area contributed by atoms with Crippen molar-refractivity contribution in [1.29, 1.82) is 0 Å². The van der Waals surface area contributed by atoms with Crippen LogP contribution in [-0.2, 0) is 16.1 Å². The highest BCUT2D eigenvalue weighted by atomic mass is 16.6. The van der Waals surface area contributed by atoms with Gasteiger partial charge in [-0.25, -0.2) is 4.79 Å². The molecule has 1 aromatic heterocycles. The summed E-state index contributed by atoms with van der Waals surface area (Å²) in [7, 11) is 1.29. The zero-order valence-corrected chi connectivity index (χ0v) is 16.4. The average Bonchev–Trinajstić information content (AvgIpc) is 2.80. The largest absolute Gasteiger partial charge is 0.469 e. The maximum absolute atomic E-state index is 13.3. The number of hydrogen-bond donors (Lipinski definition) is 0. The Bertz CT molecular complexity index is 1150. The van der Waals surface area contributed by atoms with Crippen LogP contribution in [0.2, 0.25) is 0 Å². The molecule has 0 saturated carbocycles. The van der Waals surface area contributed by atoms with E-state index in [9.17, 15) is 19.7 Å². The van der Waals surface area contributed by atoms with Crippen LogP contribution >= 0.6 is 0 Å². The van der Waals surface area contributed by atoms with E-state index < -0.39 is 22.9 Å². The molecule has 156 valence electrons. The highest BCUT2D eigenvalue weighted by Gasteiger charge is 2.39. The summed E-state index contributed by atoms with van der Waals surface area (Å²) in [6.45, 7) is 0.0914. The Morgan fingerprint density at radius 1 is 1.13 bits per heavy atom. The maximum atomic E-state index is 13.3. The summed E-state index contributed by atoms with van der Waals surface area (Å²) >= 11 is 0. The van der Waals surface area contributed by atoms with Crippen molar-refractivity contribution < 1.29 is 24.0 Å². The molecule has 0 N–H and O–H groups in total. The number of ether oxygens (including phenoxy) is 2. The van der Waals surface area contributed by atoms with Crippen molar-refractivity contribution in [2.24, 2.45) is 0 Å². The molecule has 31 heavy (non-hydrogen) atoms. The molecule has 0 bridgehead atoms. The van der Waals surface area contributed by atoms with E-state index in [1.54, 1.807) is 48.5 Å². The minimum Gasteiger partial charge on any atom is -0.469 e. The van der Waals surface area contributed by atoms with Gasteiger partial charge in [-0.1, -0.05) is 42.5 Å². The van der Waals surface area contributed by atoms with Crippen LogP contribution in [0.25, 0.3) is 0 Å². The van der Waals surface area contributed by atoms with Crippen LogP contribution in [0, 0.1) is 10.1 Å². The second kappa shape index (κ2) is 8.23. The first-order valence-corrected chi connectivity index (χ1v) is 9.33. The van der Waals surface area contributed by atoms with E-state index in [0.29, 0.717) is 16.7 Å². The van der Waals surface area contributed by atoms with Crippen LogP contribution < -0.4 is 9.64 Å². The lowest BCUT2D eigenvalue weighted by Gasteiger charge is -2.31. The first kappa shape index (κ1) is 20.0. The van der Waals surface area contributed by atoms with Crippen molar-refractivity contribution in [3.05, 3.63) is 93.5 Å². The molecule has 1 atom stereocenters. The maximum Gasteiger partial charge on any atom is 0.366 e. The molecule has 0 radical (unpaired) electrons. The fraction of sp³-hybridized carbons (Fsp3) is 0.136. The van der Waals surface area contributed by atoms with Crippen molar-refractivity contribution in [3.63, 3.8) is 0 Å². The van der Waals surface area contributed by atoms with Gasteiger partial charge < -0.3 is 19.6 Å². The number of anilines is 1. The smallest absolute Gasteiger partial charge is 0.366 e. The van der Waals surface area contributed by atoms with Gasteiger partial charge in [0.1, 0.15) is 0 Å². The monoisotopic (exact) mass is 419 g/mol. The van der Waals surface area contributed by atoms with Crippen molar-refractivity contribution in [1.82, 2.24) is 4.98 Å². The van der Waals surface area contributed by atoms with E-state index >= 15 is 0 Å². The number of carbonyl (C=O) groups is 2. The quantitative estimate of drug-likeness (QED) is 0.354. The van der Waals surface area contributed by atoms with Crippen LogP contribution in [0.5, 0.6) is 5.75 Å². The predicted molar refractivity (Wildman–Crippen MR) is 110 cm³/mol. The highest BCUT2D eigenvalue weighted by Crippen LogP contribution is 2.39. The van der Waals surface area contributed by atoms with Gasteiger partial charge in [-0.15, -0.1) is 0 Å². The molecule has 3 aromatic rings. The number of amides is 1. The average molecular weight is 419 g/mol. The molecular weight excluding hydrogens is 402 g/mol. The minimum absolute atomic E-state index is 0.0726. The first-order valence-electron chi connectivity index (χ1n) is 9.33. The van der Waals surface area contributed by atoms with Crippen LogP contribution in [-0.4, -0.2) is 28.9 Å². The Hall–Kier alpha value is -4.27. The Balaban J connectivity index is 1.73. The van der Waals surface area contributed by atoms with Crippen LogP contribution in [0.3, 0.4) is 0 Å². The standard InChI is InChI=1S/C22H17N3O6/c1-30-22(27)16-9-7-14(8-10-16)13-24-20-17(11-12-18(23-20)25(28)29)31-19(21(24)26)15-5-3-2-4-6-15/h2-12,19H,13H2,1H3. The molecule has 0 fully saturated rings. The molecule has 2 aromatic carbocycles. The topological polar surface area (TPSA) is 112 Å². The fourth-order valence-electron chi connectivity index (χ4n) is 3.27. The van der Waals surface area contributed by atoms with Gasteiger partial charge in [0, 0.05) is 11.6 Å². The number of carbonyl (C=O) groups excluding carboxylic acids is 2. The van der Waals surface area contributed by atoms with E-state index in [0.717, 1.165) is 0 Å². The van der Waals surface area contributed by atoms with Crippen LogP contribution in [0.1, 0.15) is 27.6 Å². The van der Waals surface area contributed by atoms with Gasteiger partial charge in [0.05, 0.1) is 19.2 Å². The van der Waals surface area contributed by atoms with E-state index in [-0.39, 0.29) is 23.9 Å². The molecule has 4 rings (SSSR count). The second-order valence-electron chi connectivity index (χ2n) is 6.77. The number of nitrogens with zero attached hydrogens (tertiary/aromatic N) is 3. The number of methoxy groups -OCH3 is 1. The number of rotatable bonds is 5. The summed E-state index contributed by atoms with van der Waals surface area (Å²) in [6.07, 6.45) is -0.911. The predicted octanol–water partition coefficient (Wildman–Crippen LogP) is 3.44. The Kier molecular flexibility index (Phi) is 5.31. The van der Waals surface area contributed by atoms with Crippen molar-refractivity contribution in [2.75, 3.05) is 12.0 Å². The molecule has 2 heterocycles. The summed E-state index contributed by atoms with van der Waals surface area (Å²) in [5.74, 6) is -0.919. The second-order valence-corrected chi connectivity index (χ2v) is 6.77. The Labute approximate surface area is 177 Å². The number of fused-ring (bicyclic) bond motifs is 1. The third-order valence-corrected chi connectivity index (χ3v) is 4.82. The number of pyridine rings is 1. The van der Waals surface area contributed by atoms with E-state index in [2.05, 4.69) is 4.98 Å². The zero-order chi connectivity index (χ0) is 22.0. The van der Waals surface area contributed by atoms with Crippen molar-refractivity contribution in [2.45, 2.75) is 12.6 Å². The zero-order valence-electron chi connectivity index (χ0n) is 16.4. The molecular formula is C22H17N3O6. The fourth-order valence-corrected chi connectivity index (χ4v) is 3.27. The lowest BCUT2D eigenvalue weighted by molar-refractivity contribution is -0.389. The van der Waals surface area contributed by atoms with E-state index in [1.807, 2.05) is 6.07 Å². The van der Waals surface area contributed by atoms with Crippen LogP contribution in [0.4, 0.5) is 11.6 Å². The lowest BCUT2D eigenvalue weighted by atomic mass is 10.1. The van der Waals surface area contributed by atoms with Gasteiger partial charge in [0.15, 0.2) is 5.75 Å². The number of aromatic nitrogens is 1. The number of esters is 1. The summed E-state index contributed by atoms with van der Waals surface area (Å²) in [5, 5.41) is 11.2. The molecule has 0 spiro atoms. The Morgan fingerprint density at radius 3 is 2.48 bits per heavy atom. The lowest BCUT2D eigenvalue weighted by Crippen LogP contribution is -2.41. The molecule has 9 heteroatoms. The number of hydrogen-bond acceptors (Lipinski definition) is 7. The normalized spacial score (nSPS) is 15.1. The van der Waals surface area contributed by atoms with Gasteiger partial charge >= 0.3 is 11.8 Å². The number of nitro groups is 1. The molecule has 0 saturated heterocycles. The SMILES string of the molecule is COC(=O)c1ccc(CN2C(=O)C(c3ccccc3)Oc3ccc([N+](=O)[O-])nc32)cc1.